The SMILES string of the molecule is O=C(O)Cn1c(SCCCN(CC(c2ccccc2)c2ccccc2)C(=O)CC(c2ccccc2)c2ccccc2)nc2ccccc21. The summed E-state index contributed by atoms with van der Waals surface area (Å²) >= 11 is 1.54. The highest BCUT2D eigenvalue weighted by molar-refractivity contribution is 7.99. The predicted molar refractivity (Wildman–Crippen MR) is 193 cm³/mol. The average Bonchev–Trinajstić information content (AvgIpc) is 3.47. The fourth-order valence-corrected chi connectivity index (χ4v) is 7.22. The Morgan fingerprint density at radius 3 is 1.67 bits per heavy atom. The average molecular weight is 654 g/mol. The lowest BCUT2D eigenvalue weighted by atomic mass is 9.87. The van der Waals surface area contributed by atoms with Crippen molar-refractivity contribution in [2.45, 2.75) is 36.4 Å². The number of benzene rings is 5. The van der Waals surface area contributed by atoms with Crippen LogP contribution < -0.4 is 0 Å². The lowest BCUT2D eigenvalue weighted by Gasteiger charge is -2.30. The van der Waals surface area contributed by atoms with E-state index in [-0.39, 0.29) is 24.3 Å². The van der Waals surface area contributed by atoms with E-state index in [9.17, 15) is 14.7 Å². The van der Waals surface area contributed by atoms with Gasteiger partial charge in [0.05, 0.1) is 11.0 Å². The molecule has 0 aliphatic heterocycles. The van der Waals surface area contributed by atoms with Crippen molar-refractivity contribution in [3.05, 3.63) is 168 Å². The molecule has 48 heavy (non-hydrogen) atoms. The molecule has 6 nitrogen and oxygen atoms in total. The largest absolute Gasteiger partial charge is 0.480 e. The lowest BCUT2D eigenvalue weighted by Crippen LogP contribution is -2.37. The third-order valence-electron chi connectivity index (χ3n) is 8.66. The summed E-state index contributed by atoms with van der Waals surface area (Å²) in [6, 6.07) is 49.0. The van der Waals surface area contributed by atoms with Gasteiger partial charge in [-0.15, -0.1) is 0 Å². The molecule has 6 aromatic rings. The fraction of sp³-hybridized carbons (Fsp3) is 0.195. The van der Waals surface area contributed by atoms with Gasteiger partial charge in [0.25, 0.3) is 0 Å². The van der Waals surface area contributed by atoms with E-state index in [1.54, 1.807) is 4.57 Å². The molecule has 1 aromatic heterocycles. The highest BCUT2D eigenvalue weighted by atomic mass is 32.2. The maximum Gasteiger partial charge on any atom is 0.323 e. The molecular weight excluding hydrogens is 615 g/mol. The molecule has 0 saturated carbocycles. The van der Waals surface area contributed by atoms with Gasteiger partial charge in [-0.05, 0) is 40.8 Å². The number of carbonyl (C=O) groups is 2. The van der Waals surface area contributed by atoms with Gasteiger partial charge in [0, 0.05) is 37.1 Å². The number of hydrogen-bond donors (Lipinski definition) is 1. The minimum atomic E-state index is -0.906. The monoisotopic (exact) mass is 653 g/mol. The van der Waals surface area contributed by atoms with Crippen molar-refractivity contribution in [2.75, 3.05) is 18.8 Å². The van der Waals surface area contributed by atoms with E-state index >= 15 is 0 Å². The molecule has 242 valence electrons. The van der Waals surface area contributed by atoms with Crippen LogP contribution in [0.1, 0.15) is 46.9 Å². The zero-order valence-corrected chi connectivity index (χ0v) is 27.6. The van der Waals surface area contributed by atoms with Gasteiger partial charge in [-0.3, -0.25) is 9.59 Å². The van der Waals surface area contributed by atoms with Crippen LogP contribution in [0.2, 0.25) is 0 Å². The first kappa shape index (κ1) is 32.8. The van der Waals surface area contributed by atoms with Crippen LogP contribution in [0, 0.1) is 0 Å². The Kier molecular flexibility index (Phi) is 11.0. The molecule has 0 aliphatic rings. The van der Waals surface area contributed by atoms with Crippen molar-refractivity contribution < 1.29 is 14.7 Å². The summed E-state index contributed by atoms with van der Waals surface area (Å²) in [5, 5.41) is 10.3. The number of carbonyl (C=O) groups excluding carboxylic acids is 1. The van der Waals surface area contributed by atoms with Crippen LogP contribution in [0.25, 0.3) is 11.0 Å². The third kappa shape index (κ3) is 8.22. The van der Waals surface area contributed by atoms with Gasteiger partial charge in [0.15, 0.2) is 5.16 Å². The predicted octanol–water partition coefficient (Wildman–Crippen LogP) is 8.49. The van der Waals surface area contributed by atoms with Crippen molar-refractivity contribution in [1.82, 2.24) is 14.5 Å². The van der Waals surface area contributed by atoms with E-state index < -0.39 is 5.97 Å². The number of carboxylic acids is 1. The van der Waals surface area contributed by atoms with E-state index in [0.29, 0.717) is 30.4 Å². The third-order valence-corrected chi connectivity index (χ3v) is 9.72. The Labute approximate surface area is 286 Å². The number of para-hydroxylation sites is 2. The Morgan fingerprint density at radius 1 is 0.667 bits per heavy atom. The number of fused-ring (bicyclic) bond motifs is 1. The fourth-order valence-electron chi connectivity index (χ4n) is 6.29. The molecule has 1 heterocycles. The Bertz CT molecular complexity index is 1840. The number of imidazole rings is 1. The molecule has 1 N–H and O–H groups in total. The molecule has 0 aliphatic carbocycles. The van der Waals surface area contributed by atoms with E-state index in [0.717, 1.165) is 28.6 Å². The van der Waals surface area contributed by atoms with Crippen molar-refractivity contribution in [3.63, 3.8) is 0 Å². The smallest absolute Gasteiger partial charge is 0.323 e. The second-order valence-corrected chi connectivity index (χ2v) is 12.9. The van der Waals surface area contributed by atoms with Crippen molar-refractivity contribution in [1.29, 1.82) is 0 Å². The molecule has 0 unspecified atom stereocenters. The molecule has 1 amide bonds. The van der Waals surface area contributed by atoms with Gasteiger partial charge in [-0.2, -0.15) is 0 Å². The summed E-state index contributed by atoms with van der Waals surface area (Å²) in [7, 11) is 0. The number of aromatic nitrogens is 2. The molecule has 7 heteroatoms. The molecule has 0 radical (unpaired) electrons. The molecule has 0 fully saturated rings. The number of hydrogen-bond acceptors (Lipinski definition) is 4. The number of aliphatic carboxylic acids is 1. The van der Waals surface area contributed by atoms with Crippen molar-refractivity contribution in [3.8, 4) is 0 Å². The van der Waals surface area contributed by atoms with Gasteiger partial charge in [0.2, 0.25) is 5.91 Å². The second-order valence-electron chi connectivity index (χ2n) is 11.9. The van der Waals surface area contributed by atoms with Crippen molar-refractivity contribution >= 4 is 34.7 Å². The number of amides is 1. The van der Waals surface area contributed by atoms with E-state index in [1.165, 1.54) is 22.9 Å². The van der Waals surface area contributed by atoms with Crippen LogP contribution in [0.4, 0.5) is 0 Å². The van der Waals surface area contributed by atoms with E-state index in [2.05, 4.69) is 72.8 Å². The summed E-state index contributed by atoms with van der Waals surface area (Å²) in [6.07, 6.45) is 1.08. The molecule has 0 bridgehead atoms. The topological polar surface area (TPSA) is 75.4 Å². The minimum absolute atomic E-state index is 0.00988. The summed E-state index contributed by atoms with van der Waals surface area (Å²) in [5.41, 5.74) is 6.15. The maximum absolute atomic E-state index is 14.5. The van der Waals surface area contributed by atoms with E-state index in [1.807, 2.05) is 77.7 Å². The summed E-state index contributed by atoms with van der Waals surface area (Å²) < 4.78 is 1.76. The van der Waals surface area contributed by atoms with Crippen LogP contribution in [0.5, 0.6) is 0 Å². The molecule has 5 aromatic carbocycles. The number of rotatable bonds is 15. The number of nitrogens with zero attached hydrogens (tertiary/aromatic N) is 3. The Morgan fingerprint density at radius 2 is 1.15 bits per heavy atom. The zero-order valence-electron chi connectivity index (χ0n) is 26.8. The lowest BCUT2D eigenvalue weighted by molar-refractivity contribution is -0.137. The van der Waals surface area contributed by atoms with Crippen LogP contribution in [0.3, 0.4) is 0 Å². The summed E-state index contributed by atoms with van der Waals surface area (Å²) in [6.45, 7) is 0.965. The number of carboxylic acid groups (broad SMARTS) is 1. The van der Waals surface area contributed by atoms with Gasteiger partial charge in [-0.25, -0.2) is 4.98 Å². The first-order valence-corrected chi connectivity index (χ1v) is 17.3. The quantitative estimate of drug-likeness (QED) is 0.0889. The highest BCUT2D eigenvalue weighted by Crippen LogP contribution is 2.31. The molecule has 0 saturated heterocycles. The Hall–Kier alpha value is -5.14. The normalized spacial score (nSPS) is 11.3. The second kappa shape index (κ2) is 16.1. The van der Waals surface area contributed by atoms with Crippen molar-refractivity contribution in [2.24, 2.45) is 0 Å². The van der Waals surface area contributed by atoms with Gasteiger partial charge < -0.3 is 14.6 Å². The van der Waals surface area contributed by atoms with Gasteiger partial charge in [-0.1, -0.05) is 145 Å². The molecule has 0 spiro atoms. The minimum Gasteiger partial charge on any atom is -0.480 e. The number of thioether (sulfide) groups is 1. The first-order valence-electron chi connectivity index (χ1n) is 16.3. The summed E-state index contributed by atoms with van der Waals surface area (Å²) in [5.74, 6) is -0.173. The molecular formula is C41H39N3O3S. The summed E-state index contributed by atoms with van der Waals surface area (Å²) in [4.78, 5) is 32.9. The van der Waals surface area contributed by atoms with E-state index in [4.69, 9.17) is 4.98 Å². The maximum atomic E-state index is 14.5. The Balaban J connectivity index is 1.26. The zero-order chi connectivity index (χ0) is 33.1. The van der Waals surface area contributed by atoms with Crippen LogP contribution in [-0.4, -0.2) is 50.3 Å². The van der Waals surface area contributed by atoms with Gasteiger partial charge >= 0.3 is 5.97 Å². The molecule has 6 rings (SSSR count). The standard InChI is InChI=1S/C41H39N3O3S/c45-39(28-35(31-16-5-1-6-17-31)32-18-7-2-8-19-32)43(29-36(33-20-9-3-10-21-33)34-22-11-4-12-23-34)26-15-27-48-41-42-37-24-13-14-25-38(37)44(41)30-40(46)47/h1-14,16-25,35-36H,15,26-30H2,(H,46,47). The first-order chi connectivity index (χ1) is 23.6. The van der Waals surface area contributed by atoms with Gasteiger partial charge in [0.1, 0.15) is 6.54 Å². The van der Waals surface area contributed by atoms with Crippen LogP contribution in [-0.2, 0) is 16.1 Å². The van der Waals surface area contributed by atoms with Crippen LogP contribution in [0.15, 0.2) is 151 Å². The highest BCUT2D eigenvalue weighted by Gasteiger charge is 2.26. The van der Waals surface area contributed by atoms with Crippen LogP contribution >= 0.6 is 11.8 Å². The molecule has 0 atom stereocenters.